The van der Waals surface area contributed by atoms with Crippen molar-refractivity contribution in [1.82, 2.24) is 4.98 Å². The summed E-state index contributed by atoms with van der Waals surface area (Å²) in [6.07, 6.45) is 14.8. The molecule has 0 aliphatic heterocycles. The normalized spacial score (nSPS) is 39.3. The summed E-state index contributed by atoms with van der Waals surface area (Å²) >= 11 is 1.89. The predicted molar refractivity (Wildman–Crippen MR) is 154 cm³/mol. The van der Waals surface area contributed by atoms with Crippen molar-refractivity contribution in [2.45, 2.75) is 104 Å². The molecule has 0 radical (unpaired) electrons. The van der Waals surface area contributed by atoms with E-state index in [9.17, 15) is 4.79 Å². The molecule has 4 saturated carbocycles. The fourth-order valence-electron chi connectivity index (χ4n) is 10.2. The molecule has 9 atom stereocenters. The number of fused-ring (bicyclic) bond motifs is 6. The lowest BCUT2D eigenvalue weighted by molar-refractivity contribution is -0.144. The smallest absolute Gasteiger partial charge is 0.305 e. The number of para-hydroxylation sites is 1. The van der Waals surface area contributed by atoms with Gasteiger partial charge in [-0.15, -0.1) is 11.3 Å². The Morgan fingerprint density at radius 3 is 2.68 bits per heavy atom. The Balaban J connectivity index is 1.09. The number of aryl methyl sites for hydroxylation is 1. The predicted octanol–water partition coefficient (Wildman–Crippen LogP) is 8.38. The van der Waals surface area contributed by atoms with Crippen LogP contribution in [0, 0.1) is 46.3 Å². The first-order valence-corrected chi connectivity index (χ1v) is 16.3. The summed E-state index contributed by atoms with van der Waals surface area (Å²) in [7, 11) is 0. The minimum Gasteiger partial charge on any atom is -0.481 e. The van der Waals surface area contributed by atoms with Crippen LogP contribution in [0.15, 0.2) is 24.3 Å². The highest BCUT2D eigenvalue weighted by Gasteiger charge is 2.60. The van der Waals surface area contributed by atoms with Crippen LogP contribution in [0.1, 0.15) is 96.4 Å². The number of ether oxygens (including phenoxy) is 1. The topological polar surface area (TPSA) is 59.4 Å². The summed E-state index contributed by atoms with van der Waals surface area (Å²) in [5.41, 5.74) is 2.12. The molecule has 208 valence electrons. The number of hydrogen-bond donors (Lipinski definition) is 1. The zero-order valence-corrected chi connectivity index (χ0v) is 24.5. The maximum Gasteiger partial charge on any atom is 0.305 e. The summed E-state index contributed by atoms with van der Waals surface area (Å²) in [6.45, 7) is 8.22. The van der Waals surface area contributed by atoms with Crippen LogP contribution in [0.5, 0.6) is 0 Å². The first-order chi connectivity index (χ1) is 18.3. The number of benzene rings is 1. The maximum absolute atomic E-state index is 10.9. The molecule has 5 heteroatoms. The second-order valence-electron chi connectivity index (χ2n) is 13.9. The molecule has 0 bridgehead atoms. The van der Waals surface area contributed by atoms with E-state index in [4.69, 9.17) is 14.8 Å². The van der Waals surface area contributed by atoms with Crippen LogP contribution in [0.25, 0.3) is 10.2 Å². The largest absolute Gasteiger partial charge is 0.481 e. The molecule has 4 aliphatic carbocycles. The summed E-state index contributed by atoms with van der Waals surface area (Å²) < 4.78 is 7.36. The van der Waals surface area contributed by atoms with Crippen molar-refractivity contribution < 1.29 is 14.6 Å². The van der Waals surface area contributed by atoms with E-state index in [0.29, 0.717) is 17.4 Å². The van der Waals surface area contributed by atoms with Gasteiger partial charge in [-0.3, -0.25) is 4.79 Å². The molecule has 1 aromatic heterocycles. The molecule has 4 nitrogen and oxygen atoms in total. The number of nitrogens with zero attached hydrogens (tertiary/aromatic N) is 1. The average Bonchev–Trinajstić information content (AvgIpc) is 3.47. The summed E-state index contributed by atoms with van der Waals surface area (Å²) in [5, 5.41) is 10.3. The summed E-state index contributed by atoms with van der Waals surface area (Å²) in [6, 6.07) is 8.57. The first-order valence-electron chi connectivity index (χ1n) is 15.5. The van der Waals surface area contributed by atoms with Gasteiger partial charge in [-0.1, -0.05) is 32.9 Å². The Labute approximate surface area is 233 Å². The number of thiazole rings is 1. The highest BCUT2D eigenvalue weighted by molar-refractivity contribution is 7.18. The molecule has 4 fully saturated rings. The third-order valence-electron chi connectivity index (χ3n) is 12.2. The van der Waals surface area contributed by atoms with Gasteiger partial charge < -0.3 is 9.84 Å². The number of hydrogen-bond acceptors (Lipinski definition) is 4. The van der Waals surface area contributed by atoms with E-state index in [2.05, 4.69) is 45.0 Å². The van der Waals surface area contributed by atoms with Crippen molar-refractivity contribution in [2.75, 3.05) is 6.61 Å². The van der Waals surface area contributed by atoms with Gasteiger partial charge in [0.2, 0.25) is 0 Å². The third-order valence-corrected chi connectivity index (χ3v) is 13.3. The molecule has 0 saturated heterocycles. The molecule has 2 aromatic rings. The SMILES string of the molecule is C[C@@H](CCc1nc2ccccc2s1)[C@@H]1CC[C@@H]2[C@H]3CC[C@H]4C[C@@H](OCCC(=O)O)CC[C@]4(C)[C@@H]3CC[C@@]21C. The van der Waals surface area contributed by atoms with E-state index in [0.717, 1.165) is 60.3 Å². The highest BCUT2D eigenvalue weighted by Crippen LogP contribution is 2.68. The van der Waals surface area contributed by atoms with Crippen molar-refractivity contribution >= 4 is 27.5 Å². The lowest BCUT2D eigenvalue weighted by Gasteiger charge is -2.61. The van der Waals surface area contributed by atoms with Gasteiger partial charge >= 0.3 is 5.97 Å². The van der Waals surface area contributed by atoms with Crippen LogP contribution in [0.3, 0.4) is 0 Å². The quantitative estimate of drug-likeness (QED) is 0.367. The lowest BCUT2D eigenvalue weighted by Crippen LogP contribution is -2.54. The van der Waals surface area contributed by atoms with Crippen LogP contribution in [-0.2, 0) is 16.0 Å². The van der Waals surface area contributed by atoms with Gasteiger partial charge in [0.25, 0.3) is 0 Å². The van der Waals surface area contributed by atoms with E-state index in [1.807, 2.05) is 11.3 Å². The standard InChI is InChI=1S/C33H47NO3S/c1-21(8-13-30-34-28-6-4-5-7-29(28)38-30)25-11-12-26-24-10-9-22-20-23(37-19-16-31(35)36)14-17-32(22,2)27(24)15-18-33(25,26)3/h4-7,21-27H,8-20H2,1-3H3,(H,35,36)/t21-,22-,23-,24+,25-,26+,27+,32-,33+/m0/s1. The molecular weight excluding hydrogens is 490 g/mol. The average molecular weight is 538 g/mol. The van der Waals surface area contributed by atoms with Crippen LogP contribution in [0.4, 0.5) is 0 Å². The maximum atomic E-state index is 10.9. The van der Waals surface area contributed by atoms with E-state index in [-0.39, 0.29) is 12.5 Å². The zero-order valence-electron chi connectivity index (χ0n) is 23.7. The van der Waals surface area contributed by atoms with Gasteiger partial charge in [-0.25, -0.2) is 4.98 Å². The van der Waals surface area contributed by atoms with Crippen LogP contribution >= 0.6 is 11.3 Å². The Morgan fingerprint density at radius 1 is 1.08 bits per heavy atom. The monoisotopic (exact) mass is 537 g/mol. The van der Waals surface area contributed by atoms with Gasteiger partial charge in [0.15, 0.2) is 0 Å². The Bertz CT molecular complexity index is 1110. The van der Waals surface area contributed by atoms with Crippen LogP contribution in [-0.4, -0.2) is 28.8 Å². The first kappa shape index (κ1) is 26.7. The van der Waals surface area contributed by atoms with E-state index >= 15 is 0 Å². The van der Waals surface area contributed by atoms with Gasteiger partial charge in [-0.2, -0.15) is 0 Å². The molecule has 1 N–H and O–H groups in total. The Kier molecular flexibility index (Phi) is 7.39. The van der Waals surface area contributed by atoms with Gasteiger partial charge in [0.1, 0.15) is 0 Å². The second kappa shape index (κ2) is 10.5. The fourth-order valence-corrected chi connectivity index (χ4v) is 11.2. The summed E-state index contributed by atoms with van der Waals surface area (Å²) in [4.78, 5) is 15.8. The Hall–Kier alpha value is -1.46. The Morgan fingerprint density at radius 2 is 1.87 bits per heavy atom. The molecule has 1 aromatic carbocycles. The van der Waals surface area contributed by atoms with Gasteiger partial charge in [0, 0.05) is 0 Å². The number of carboxylic acid groups (broad SMARTS) is 1. The number of aromatic nitrogens is 1. The van der Waals surface area contributed by atoms with Crippen LogP contribution < -0.4 is 0 Å². The van der Waals surface area contributed by atoms with Gasteiger partial charge in [-0.05, 0) is 129 Å². The molecule has 38 heavy (non-hydrogen) atoms. The lowest BCUT2D eigenvalue weighted by atomic mass is 9.44. The molecule has 0 unspecified atom stereocenters. The van der Waals surface area contributed by atoms with Crippen molar-refractivity contribution in [3.05, 3.63) is 29.3 Å². The third kappa shape index (κ3) is 4.74. The number of rotatable bonds is 8. The molecule has 0 amide bonds. The second-order valence-corrected chi connectivity index (χ2v) is 15.0. The van der Waals surface area contributed by atoms with Crippen molar-refractivity contribution in [3.63, 3.8) is 0 Å². The fraction of sp³-hybridized carbons (Fsp3) is 0.758. The summed E-state index contributed by atoms with van der Waals surface area (Å²) in [5.74, 6) is 4.29. The van der Waals surface area contributed by atoms with E-state index < -0.39 is 5.97 Å². The van der Waals surface area contributed by atoms with Gasteiger partial charge in [0.05, 0.1) is 34.4 Å². The van der Waals surface area contributed by atoms with E-state index in [1.165, 1.54) is 61.1 Å². The minimum atomic E-state index is -0.752. The minimum absolute atomic E-state index is 0.129. The molecule has 4 aliphatic rings. The van der Waals surface area contributed by atoms with Crippen molar-refractivity contribution in [2.24, 2.45) is 46.3 Å². The molecule has 1 heterocycles. The number of carboxylic acids is 1. The van der Waals surface area contributed by atoms with Crippen LogP contribution in [0.2, 0.25) is 0 Å². The van der Waals surface area contributed by atoms with Crippen molar-refractivity contribution in [3.8, 4) is 0 Å². The molecule has 6 rings (SSSR count). The zero-order chi connectivity index (χ0) is 26.5. The number of carbonyl (C=O) groups is 1. The van der Waals surface area contributed by atoms with Crippen molar-refractivity contribution in [1.29, 1.82) is 0 Å². The highest BCUT2D eigenvalue weighted by atomic mass is 32.1. The van der Waals surface area contributed by atoms with E-state index in [1.54, 1.807) is 0 Å². The number of aliphatic carboxylic acids is 1. The molecular formula is C33H47NO3S. The molecule has 0 spiro atoms.